The van der Waals surface area contributed by atoms with E-state index < -0.39 is 29.7 Å². The minimum atomic E-state index is -1.03. The number of halogens is 1. The number of hydrogen-bond acceptors (Lipinski definition) is 12. The maximum atomic E-state index is 13.2. The van der Waals surface area contributed by atoms with Crippen molar-refractivity contribution in [3.8, 4) is 11.8 Å². The number of carbonyl (C=O) groups excluding carboxylic acids is 6. The van der Waals surface area contributed by atoms with E-state index >= 15 is 0 Å². The first-order chi connectivity index (χ1) is 26.1. The number of aromatic nitrogens is 2. The summed E-state index contributed by atoms with van der Waals surface area (Å²) in [6.07, 6.45) is 6.05. The van der Waals surface area contributed by atoms with Gasteiger partial charge in [0, 0.05) is 57.1 Å². The van der Waals surface area contributed by atoms with E-state index in [1.54, 1.807) is 35.2 Å². The molecular formula is C37H36ClN9O7. The molecule has 16 nitrogen and oxygen atoms in total. The van der Waals surface area contributed by atoms with Crippen molar-refractivity contribution < 1.29 is 33.5 Å². The molecule has 17 heteroatoms. The molecule has 1 aromatic heterocycles. The molecule has 1 atom stereocenters. The molecule has 4 heterocycles. The molecule has 6 amide bonds. The van der Waals surface area contributed by atoms with Crippen molar-refractivity contribution in [3.05, 3.63) is 81.1 Å². The molecule has 2 fully saturated rings. The van der Waals surface area contributed by atoms with Crippen LogP contribution in [0.15, 0.2) is 42.7 Å². The smallest absolute Gasteiger partial charge is 0.262 e. The highest BCUT2D eigenvalue weighted by Crippen LogP contribution is 2.33. The number of benzene rings is 2. The van der Waals surface area contributed by atoms with E-state index in [1.165, 1.54) is 12.4 Å². The molecule has 4 N–H and O–H groups in total. The fraction of sp³-hybridized carbons (Fsp3) is 0.378. The minimum absolute atomic E-state index is 0.00443. The molecule has 0 radical (unpaired) electrons. The average molecular weight is 754 g/mol. The van der Waals surface area contributed by atoms with Gasteiger partial charge < -0.3 is 25.6 Å². The second-order valence-electron chi connectivity index (χ2n) is 13.6. The number of anilines is 1. The number of nitriles is 1. The van der Waals surface area contributed by atoms with Gasteiger partial charge in [-0.05, 0) is 67.5 Å². The quantitative estimate of drug-likeness (QED) is 0.164. The SMILES string of the molecule is N#Cc1ccc(OC2CCC(NC(=O)c3cnc(NCCNCC(=O)N4Cc5cc6c(cc5C4)C(=O)N(C4CCC(=O)NC4=O)C6=O)nc3)CC2)cc1Cl. The van der Waals surface area contributed by atoms with E-state index in [1.807, 2.05) is 6.07 Å². The normalized spacial score (nSPS) is 20.6. The van der Waals surface area contributed by atoms with Crippen molar-refractivity contribution in [1.82, 2.24) is 35.7 Å². The predicted octanol–water partition coefficient (Wildman–Crippen LogP) is 2.07. The molecule has 54 heavy (non-hydrogen) atoms. The van der Waals surface area contributed by atoms with Gasteiger partial charge in [0.2, 0.25) is 23.7 Å². The summed E-state index contributed by atoms with van der Waals surface area (Å²) in [5, 5.41) is 20.8. The maximum Gasteiger partial charge on any atom is 0.262 e. The molecule has 3 aromatic rings. The van der Waals surface area contributed by atoms with Crippen molar-refractivity contribution in [1.29, 1.82) is 5.26 Å². The topological polar surface area (TPSA) is 216 Å². The highest BCUT2D eigenvalue weighted by atomic mass is 35.5. The lowest BCUT2D eigenvalue weighted by atomic mass is 9.92. The summed E-state index contributed by atoms with van der Waals surface area (Å²) in [5.41, 5.74) is 2.63. The van der Waals surface area contributed by atoms with Crippen LogP contribution in [-0.2, 0) is 27.5 Å². The Bertz CT molecular complexity index is 2030. The fourth-order valence-corrected chi connectivity index (χ4v) is 7.31. The van der Waals surface area contributed by atoms with E-state index in [0.29, 0.717) is 40.9 Å². The van der Waals surface area contributed by atoms with Crippen LogP contribution in [0.1, 0.15) is 86.3 Å². The van der Waals surface area contributed by atoms with Crippen molar-refractivity contribution in [2.75, 3.05) is 25.0 Å². The van der Waals surface area contributed by atoms with Gasteiger partial charge in [-0.25, -0.2) is 9.97 Å². The molecule has 1 unspecified atom stereocenters. The van der Waals surface area contributed by atoms with Gasteiger partial charge in [-0.1, -0.05) is 11.6 Å². The average Bonchev–Trinajstić information content (AvgIpc) is 3.69. The van der Waals surface area contributed by atoms with E-state index in [2.05, 4.69) is 31.2 Å². The number of nitrogens with one attached hydrogen (secondary N) is 4. The predicted molar refractivity (Wildman–Crippen MR) is 191 cm³/mol. The lowest BCUT2D eigenvalue weighted by Crippen LogP contribution is -2.54. The van der Waals surface area contributed by atoms with Gasteiger partial charge >= 0.3 is 0 Å². The molecule has 4 aliphatic rings. The molecular weight excluding hydrogens is 718 g/mol. The Morgan fingerprint density at radius 2 is 1.63 bits per heavy atom. The number of ether oxygens (including phenoxy) is 1. The number of carbonyl (C=O) groups is 6. The van der Waals surface area contributed by atoms with Gasteiger partial charge in [-0.3, -0.25) is 39.0 Å². The molecule has 1 saturated heterocycles. The largest absolute Gasteiger partial charge is 0.490 e. The highest BCUT2D eigenvalue weighted by Gasteiger charge is 2.45. The maximum absolute atomic E-state index is 13.2. The molecule has 1 saturated carbocycles. The van der Waals surface area contributed by atoms with Gasteiger partial charge in [0.25, 0.3) is 17.7 Å². The summed E-state index contributed by atoms with van der Waals surface area (Å²) >= 11 is 6.11. The van der Waals surface area contributed by atoms with Crippen LogP contribution in [0.2, 0.25) is 5.02 Å². The summed E-state index contributed by atoms with van der Waals surface area (Å²) in [5.74, 6) is -1.72. The number of hydrogen-bond donors (Lipinski definition) is 4. The minimum Gasteiger partial charge on any atom is -0.490 e. The first-order valence-electron chi connectivity index (χ1n) is 17.7. The van der Waals surface area contributed by atoms with E-state index in [0.717, 1.165) is 41.7 Å². The van der Waals surface area contributed by atoms with Crippen LogP contribution < -0.4 is 26.0 Å². The van der Waals surface area contributed by atoms with Crippen molar-refractivity contribution >= 4 is 53.0 Å². The third kappa shape index (κ3) is 7.73. The van der Waals surface area contributed by atoms with E-state index in [9.17, 15) is 28.8 Å². The van der Waals surface area contributed by atoms with Crippen LogP contribution in [-0.4, -0.2) is 93.0 Å². The number of rotatable bonds is 11. The summed E-state index contributed by atoms with van der Waals surface area (Å²) in [6, 6.07) is 9.24. The molecule has 3 aliphatic heterocycles. The second-order valence-corrected chi connectivity index (χ2v) is 14.0. The Balaban J connectivity index is 0.802. The standard InChI is InChI=1S/C37H36ClN9O7/c38-29-13-26(4-1-20(29)14-39)54-25-5-2-24(3-6-25)44-33(50)23-15-42-37(43-16-23)41-10-9-40-17-32(49)46-18-21-11-27-28(12-22(21)19-46)36(53)47(35(27)52)30-7-8-31(48)45-34(30)51/h1,4,11-13,15-16,24-25,30,40H,2-3,5-10,17-19H2,(H,44,50)(H,41,42,43)(H,45,48,51). The van der Waals surface area contributed by atoms with Crippen molar-refractivity contribution in [3.63, 3.8) is 0 Å². The first kappa shape index (κ1) is 36.4. The molecule has 1 aliphatic carbocycles. The summed E-state index contributed by atoms with van der Waals surface area (Å²) in [7, 11) is 0. The number of piperidine rings is 1. The van der Waals surface area contributed by atoms with E-state index in [4.69, 9.17) is 21.6 Å². The zero-order chi connectivity index (χ0) is 37.9. The molecule has 0 spiro atoms. The fourth-order valence-electron chi connectivity index (χ4n) is 7.10. The Labute approximate surface area is 314 Å². The van der Waals surface area contributed by atoms with Crippen LogP contribution in [0.25, 0.3) is 0 Å². The van der Waals surface area contributed by atoms with Crippen molar-refractivity contribution in [2.24, 2.45) is 0 Å². The highest BCUT2D eigenvalue weighted by molar-refractivity contribution is 6.31. The lowest BCUT2D eigenvalue weighted by Gasteiger charge is -2.29. The van der Waals surface area contributed by atoms with Gasteiger partial charge in [-0.2, -0.15) is 5.26 Å². The summed E-state index contributed by atoms with van der Waals surface area (Å²) < 4.78 is 6.03. The summed E-state index contributed by atoms with van der Waals surface area (Å²) in [4.78, 5) is 87.0. The van der Waals surface area contributed by atoms with Gasteiger partial charge in [0.05, 0.1) is 39.9 Å². The Hall–Kier alpha value is -5.92. The lowest BCUT2D eigenvalue weighted by molar-refractivity contribution is -0.136. The van der Waals surface area contributed by atoms with Crippen molar-refractivity contribution in [2.45, 2.75) is 69.8 Å². The van der Waals surface area contributed by atoms with Crippen LogP contribution >= 0.6 is 11.6 Å². The number of amides is 6. The van der Waals surface area contributed by atoms with Gasteiger partial charge in [0.15, 0.2) is 0 Å². The number of fused-ring (bicyclic) bond motifs is 2. The Morgan fingerprint density at radius 3 is 2.26 bits per heavy atom. The molecule has 7 rings (SSSR count). The van der Waals surface area contributed by atoms with Gasteiger partial charge in [0.1, 0.15) is 17.9 Å². The molecule has 2 aromatic carbocycles. The van der Waals surface area contributed by atoms with Crippen LogP contribution in [0.3, 0.4) is 0 Å². The Kier molecular flexibility index (Phi) is 10.5. The third-order valence-corrected chi connectivity index (χ3v) is 10.3. The number of imide groups is 2. The zero-order valence-electron chi connectivity index (χ0n) is 29.0. The molecule has 0 bridgehead atoms. The zero-order valence-corrected chi connectivity index (χ0v) is 29.8. The third-order valence-electron chi connectivity index (χ3n) is 9.98. The Morgan fingerprint density at radius 1 is 0.944 bits per heavy atom. The second kappa shape index (κ2) is 15.6. The van der Waals surface area contributed by atoms with Crippen LogP contribution in [0, 0.1) is 11.3 Å². The van der Waals surface area contributed by atoms with Gasteiger partial charge in [-0.15, -0.1) is 0 Å². The molecule has 278 valence electrons. The monoisotopic (exact) mass is 753 g/mol. The van der Waals surface area contributed by atoms with Crippen LogP contribution in [0.5, 0.6) is 5.75 Å². The first-order valence-corrected chi connectivity index (χ1v) is 18.0. The number of nitrogens with zero attached hydrogens (tertiary/aromatic N) is 5. The summed E-state index contributed by atoms with van der Waals surface area (Å²) in [6.45, 7) is 1.46. The van der Waals surface area contributed by atoms with E-state index in [-0.39, 0.29) is 67.6 Å². The van der Waals surface area contributed by atoms with Crippen LogP contribution in [0.4, 0.5) is 5.95 Å².